The van der Waals surface area contributed by atoms with Gasteiger partial charge in [0.15, 0.2) is 0 Å². The van der Waals surface area contributed by atoms with E-state index in [1.54, 1.807) is 72.8 Å². The molecule has 6 rings (SSSR count). The Balaban J connectivity index is 1.10. The molecule has 0 unspecified atom stereocenters. The molecule has 2 aliphatic carbocycles. The molecular formula is C29H21N3O4. The maximum Gasteiger partial charge on any atom is 0.255 e. The number of carbonyl (C=O) groups is 3. The standard InChI is InChI=1S/C29H21N3O4/c30-16-17-1-11-23(12-2-17)36-24-13-7-21(8-14-24)31-27(33)18-5-9-22(10-6-18)32-28(34)25-19-3-4-20(15-19)26(25)29(32)35/h1-14,19-20,25-26H,15H2,(H,31,33)/t19-,20-,25-,26+/m0/s1. The van der Waals surface area contributed by atoms with Gasteiger partial charge in [-0.05, 0) is 91.1 Å². The number of allylic oxidation sites excluding steroid dienone is 2. The van der Waals surface area contributed by atoms with Gasteiger partial charge in [-0.2, -0.15) is 5.26 Å². The Morgan fingerprint density at radius 3 is 1.94 bits per heavy atom. The fraction of sp³-hybridized carbons (Fsp3) is 0.172. The van der Waals surface area contributed by atoms with Crippen LogP contribution in [0, 0.1) is 35.0 Å². The number of hydrogen-bond acceptors (Lipinski definition) is 5. The number of nitriles is 1. The zero-order valence-electron chi connectivity index (χ0n) is 19.1. The lowest BCUT2D eigenvalue weighted by Crippen LogP contribution is -2.32. The number of fused-ring (bicyclic) bond motifs is 5. The summed E-state index contributed by atoms with van der Waals surface area (Å²) >= 11 is 0. The average Bonchev–Trinajstić information content (AvgIpc) is 3.59. The number of benzene rings is 3. The van der Waals surface area contributed by atoms with Gasteiger partial charge in [0.1, 0.15) is 11.5 Å². The van der Waals surface area contributed by atoms with E-state index < -0.39 is 0 Å². The molecule has 3 aromatic rings. The number of nitrogens with one attached hydrogen (secondary N) is 1. The first-order valence-corrected chi connectivity index (χ1v) is 11.8. The molecule has 1 saturated heterocycles. The molecular weight excluding hydrogens is 454 g/mol. The second-order valence-corrected chi connectivity index (χ2v) is 9.28. The van der Waals surface area contributed by atoms with Crippen LogP contribution in [0.15, 0.2) is 84.9 Å². The quantitative estimate of drug-likeness (QED) is 0.417. The zero-order chi connectivity index (χ0) is 24.8. The predicted octanol–water partition coefficient (Wildman–Crippen LogP) is 4.91. The molecule has 1 aliphatic heterocycles. The fourth-order valence-corrected chi connectivity index (χ4v) is 5.46. The molecule has 1 saturated carbocycles. The topological polar surface area (TPSA) is 99.5 Å². The van der Waals surface area contributed by atoms with Gasteiger partial charge in [-0.25, -0.2) is 0 Å². The summed E-state index contributed by atoms with van der Waals surface area (Å²) in [5.74, 6) is 0.438. The van der Waals surface area contributed by atoms with Crippen molar-refractivity contribution < 1.29 is 19.1 Å². The van der Waals surface area contributed by atoms with Crippen molar-refractivity contribution in [1.82, 2.24) is 0 Å². The number of imide groups is 1. The van der Waals surface area contributed by atoms with Gasteiger partial charge in [-0.3, -0.25) is 19.3 Å². The van der Waals surface area contributed by atoms with Crippen molar-refractivity contribution in [1.29, 1.82) is 5.26 Å². The lowest BCUT2D eigenvalue weighted by atomic mass is 9.85. The first kappa shape index (κ1) is 21.8. The van der Waals surface area contributed by atoms with Gasteiger partial charge in [-0.1, -0.05) is 12.2 Å². The number of carbonyl (C=O) groups excluding carboxylic acids is 3. The van der Waals surface area contributed by atoms with Crippen molar-refractivity contribution in [2.45, 2.75) is 6.42 Å². The van der Waals surface area contributed by atoms with Crippen molar-refractivity contribution in [3.05, 3.63) is 96.1 Å². The normalized spacial score (nSPS) is 23.5. The number of nitrogens with zero attached hydrogens (tertiary/aromatic N) is 2. The van der Waals surface area contributed by atoms with Gasteiger partial charge in [-0.15, -0.1) is 0 Å². The highest BCUT2D eigenvalue weighted by atomic mass is 16.5. The average molecular weight is 476 g/mol. The minimum atomic E-state index is -0.305. The number of anilines is 2. The Hall–Kier alpha value is -4.70. The Morgan fingerprint density at radius 1 is 0.833 bits per heavy atom. The van der Waals surface area contributed by atoms with Crippen molar-refractivity contribution in [3.8, 4) is 17.6 Å². The summed E-state index contributed by atoms with van der Waals surface area (Å²) in [5, 5.41) is 11.7. The SMILES string of the molecule is N#Cc1ccc(Oc2ccc(NC(=O)c3ccc(N4C(=O)[C@@H]5[C@H](C4=O)[C@H]4C=C[C@H]5C4)cc3)cc2)cc1. The smallest absolute Gasteiger partial charge is 0.255 e. The third-order valence-electron chi connectivity index (χ3n) is 7.19. The molecule has 0 spiro atoms. The zero-order valence-corrected chi connectivity index (χ0v) is 19.1. The summed E-state index contributed by atoms with van der Waals surface area (Å²) in [6, 6.07) is 22.3. The molecule has 3 amide bonds. The highest BCUT2D eigenvalue weighted by molar-refractivity contribution is 6.23. The van der Waals surface area contributed by atoms with E-state index >= 15 is 0 Å². The van der Waals surface area contributed by atoms with E-state index in [9.17, 15) is 14.4 Å². The van der Waals surface area contributed by atoms with E-state index in [0.29, 0.717) is 34.0 Å². The molecule has 3 aromatic carbocycles. The molecule has 2 fully saturated rings. The summed E-state index contributed by atoms with van der Waals surface area (Å²) in [5.41, 5.74) is 2.06. The van der Waals surface area contributed by atoms with Crippen LogP contribution in [0.1, 0.15) is 22.3 Å². The molecule has 1 heterocycles. The van der Waals surface area contributed by atoms with Crippen LogP contribution in [0.5, 0.6) is 11.5 Å². The van der Waals surface area contributed by atoms with Crippen LogP contribution in [-0.2, 0) is 9.59 Å². The molecule has 0 radical (unpaired) electrons. The third kappa shape index (κ3) is 3.64. The van der Waals surface area contributed by atoms with Crippen LogP contribution in [0.3, 0.4) is 0 Å². The highest BCUT2D eigenvalue weighted by Crippen LogP contribution is 2.53. The number of rotatable bonds is 5. The number of hydrogen-bond donors (Lipinski definition) is 1. The number of ether oxygens (including phenoxy) is 1. The maximum absolute atomic E-state index is 13.0. The van der Waals surface area contributed by atoms with E-state index in [2.05, 4.69) is 23.5 Å². The van der Waals surface area contributed by atoms with Crippen LogP contribution < -0.4 is 15.0 Å². The van der Waals surface area contributed by atoms with E-state index in [1.807, 2.05) is 0 Å². The first-order chi connectivity index (χ1) is 17.5. The van der Waals surface area contributed by atoms with Gasteiger partial charge < -0.3 is 10.1 Å². The molecule has 36 heavy (non-hydrogen) atoms. The van der Waals surface area contributed by atoms with E-state index in [1.165, 1.54) is 4.90 Å². The van der Waals surface area contributed by atoms with Crippen molar-refractivity contribution in [2.75, 3.05) is 10.2 Å². The van der Waals surface area contributed by atoms with Crippen molar-refractivity contribution in [3.63, 3.8) is 0 Å². The van der Waals surface area contributed by atoms with Crippen molar-refractivity contribution in [2.24, 2.45) is 23.7 Å². The van der Waals surface area contributed by atoms with Crippen LogP contribution in [0.25, 0.3) is 0 Å². The van der Waals surface area contributed by atoms with Gasteiger partial charge in [0.05, 0.1) is 29.2 Å². The minimum Gasteiger partial charge on any atom is -0.457 e. The minimum absolute atomic E-state index is 0.137. The van der Waals surface area contributed by atoms with Crippen molar-refractivity contribution >= 4 is 29.1 Å². The van der Waals surface area contributed by atoms with Gasteiger partial charge >= 0.3 is 0 Å². The second-order valence-electron chi connectivity index (χ2n) is 9.28. The van der Waals surface area contributed by atoms with Crippen LogP contribution in [0.2, 0.25) is 0 Å². The molecule has 4 atom stereocenters. The molecule has 0 aromatic heterocycles. The molecule has 7 nitrogen and oxygen atoms in total. The van der Waals surface area contributed by atoms with Crippen LogP contribution >= 0.6 is 0 Å². The van der Waals surface area contributed by atoms with Crippen LogP contribution in [-0.4, -0.2) is 17.7 Å². The van der Waals surface area contributed by atoms with Gasteiger partial charge in [0, 0.05) is 11.3 Å². The Bertz CT molecular complexity index is 1410. The summed E-state index contributed by atoms with van der Waals surface area (Å²) in [6.07, 6.45) is 5.03. The Morgan fingerprint density at radius 2 is 1.39 bits per heavy atom. The Kier molecular flexibility index (Phi) is 5.15. The largest absolute Gasteiger partial charge is 0.457 e. The molecule has 3 aliphatic rings. The first-order valence-electron chi connectivity index (χ1n) is 11.8. The summed E-state index contributed by atoms with van der Waals surface area (Å²) < 4.78 is 5.76. The van der Waals surface area contributed by atoms with E-state index in [4.69, 9.17) is 10.00 Å². The highest BCUT2D eigenvalue weighted by Gasteiger charge is 2.59. The number of amides is 3. The molecule has 1 N–H and O–H groups in total. The second kappa shape index (κ2) is 8.51. The van der Waals surface area contributed by atoms with E-state index in [0.717, 1.165) is 6.42 Å². The predicted molar refractivity (Wildman–Crippen MR) is 132 cm³/mol. The van der Waals surface area contributed by atoms with E-state index in [-0.39, 0.29) is 41.4 Å². The molecule has 176 valence electrons. The summed E-state index contributed by atoms with van der Waals surface area (Å²) in [6.45, 7) is 0. The maximum atomic E-state index is 13.0. The summed E-state index contributed by atoms with van der Waals surface area (Å²) in [7, 11) is 0. The molecule has 7 heteroatoms. The Labute approximate surface area is 207 Å². The lowest BCUT2D eigenvalue weighted by molar-refractivity contribution is -0.123. The fourth-order valence-electron chi connectivity index (χ4n) is 5.46. The van der Waals surface area contributed by atoms with Gasteiger partial charge in [0.25, 0.3) is 5.91 Å². The monoisotopic (exact) mass is 475 g/mol. The third-order valence-corrected chi connectivity index (χ3v) is 7.19. The van der Waals surface area contributed by atoms with Crippen LogP contribution in [0.4, 0.5) is 11.4 Å². The molecule has 2 bridgehead atoms. The summed E-state index contributed by atoms with van der Waals surface area (Å²) in [4.78, 5) is 40.0. The van der Waals surface area contributed by atoms with Gasteiger partial charge in [0.2, 0.25) is 11.8 Å². The lowest BCUT2D eigenvalue weighted by Gasteiger charge is -2.17.